The van der Waals surface area contributed by atoms with E-state index >= 15 is 0 Å². The van der Waals surface area contributed by atoms with Crippen LogP contribution in [0, 0.1) is 0 Å². The summed E-state index contributed by atoms with van der Waals surface area (Å²) in [5.74, 6) is 0.825. The van der Waals surface area contributed by atoms with Crippen LogP contribution in [0.5, 0.6) is 5.75 Å². The van der Waals surface area contributed by atoms with Crippen molar-refractivity contribution in [1.82, 2.24) is 9.88 Å². The number of halogens is 1. The van der Waals surface area contributed by atoms with E-state index in [2.05, 4.69) is 21.2 Å². The van der Waals surface area contributed by atoms with Gasteiger partial charge in [0.2, 0.25) is 0 Å². The number of hydrogen-bond acceptors (Lipinski definition) is 3. The lowest BCUT2D eigenvalue weighted by Crippen LogP contribution is -2.21. The summed E-state index contributed by atoms with van der Waals surface area (Å²) in [5.41, 5.74) is 1.07. The van der Waals surface area contributed by atoms with E-state index in [1.165, 1.54) is 0 Å². The number of aromatic nitrogens is 1. The number of ether oxygens (including phenoxy) is 1. The quantitative estimate of drug-likeness (QED) is 0.880. The average molecular weight is 337 g/mol. The Morgan fingerprint density at radius 1 is 1.25 bits per heavy atom. The van der Waals surface area contributed by atoms with Gasteiger partial charge in [-0.15, -0.1) is 0 Å². The summed E-state index contributed by atoms with van der Waals surface area (Å²) in [6, 6.07) is 11.1. The molecule has 106 valence electrons. The largest absolute Gasteiger partial charge is 0.490 e. The van der Waals surface area contributed by atoms with Crippen LogP contribution in [0.2, 0.25) is 0 Å². The average Bonchev–Trinajstić information content (AvgIpc) is 2.44. The number of nitrogens with zero attached hydrogens (tertiary/aromatic N) is 1. The highest BCUT2D eigenvalue weighted by atomic mass is 79.9. The zero-order valence-corrected chi connectivity index (χ0v) is 12.9. The Balaban J connectivity index is 2.04. The van der Waals surface area contributed by atoms with Crippen LogP contribution in [-0.4, -0.2) is 18.2 Å². The van der Waals surface area contributed by atoms with Crippen LogP contribution in [0.4, 0.5) is 0 Å². The molecule has 1 aromatic heterocycles. The van der Waals surface area contributed by atoms with Crippen molar-refractivity contribution < 1.29 is 4.74 Å². The first kappa shape index (κ1) is 14.8. The number of pyridine rings is 1. The number of rotatable bonds is 6. The second-order valence-electron chi connectivity index (χ2n) is 4.34. The molecule has 0 spiro atoms. The fourth-order valence-corrected chi connectivity index (χ4v) is 2.46. The van der Waals surface area contributed by atoms with Crippen LogP contribution < -0.4 is 15.6 Å². The van der Waals surface area contributed by atoms with Gasteiger partial charge in [-0.25, -0.2) is 0 Å². The van der Waals surface area contributed by atoms with E-state index in [0.717, 1.165) is 22.3 Å². The van der Waals surface area contributed by atoms with Crippen LogP contribution in [-0.2, 0) is 13.1 Å². The smallest absolute Gasteiger partial charge is 0.250 e. The Kier molecular flexibility index (Phi) is 5.38. The fraction of sp³-hybridized carbons (Fsp3) is 0.267. The minimum Gasteiger partial charge on any atom is -0.490 e. The zero-order valence-electron chi connectivity index (χ0n) is 11.3. The van der Waals surface area contributed by atoms with Crippen LogP contribution in [0.1, 0.15) is 5.56 Å². The second kappa shape index (κ2) is 7.26. The molecule has 0 unspecified atom stereocenters. The van der Waals surface area contributed by atoms with E-state index in [-0.39, 0.29) is 5.56 Å². The summed E-state index contributed by atoms with van der Waals surface area (Å²) in [5, 5.41) is 3.11. The third kappa shape index (κ3) is 3.71. The molecule has 0 radical (unpaired) electrons. The first-order chi connectivity index (χ1) is 9.72. The first-order valence-corrected chi connectivity index (χ1v) is 7.22. The Morgan fingerprint density at radius 3 is 2.85 bits per heavy atom. The SMILES string of the molecule is CNCc1cccc(Br)c1OCCn1ccccc1=O. The molecular weight excluding hydrogens is 320 g/mol. The van der Waals surface area contributed by atoms with Crippen molar-refractivity contribution in [1.29, 1.82) is 0 Å². The van der Waals surface area contributed by atoms with Crippen molar-refractivity contribution in [3.8, 4) is 5.75 Å². The van der Waals surface area contributed by atoms with Gasteiger partial charge in [0.05, 0.1) is 11.0 Å². The van der Waals surface area contributed by atoms with Crippen molar-refractivity contribution in [2.24, 2.45) is 0 Å². The molecule has 0 fully saturated rings. The Hall–Kier alpha value is -1.59. The number of hydrogen-bond donors (Lipinski definition) is 1. The molecule has 20 heavy (non-hydrogen) atoms. The normalized spacial score (nSPS) is 10.5. The molecule has 2 aromatic rings. The summed E-state index contributed by atoms with van der Waals surface area (Å²) >= 11 is 3.50. The van der Waals surface area contributed by atoms with Crippen molar-refractivity contribution in [3.05, 3.63) is 63.0 Å². The van der Waals surface area contributed by atoms with Gasteiger partial charge in [-0.2, -0.15) is 0 Å². The zero-order chi connectivity index (χ0) is 14.4. The maximum atomic E-state index is 11.6. The van der Waals surface area contributed by atoms with Gasteiger partial charge in [-0.05, 0) is 35.1 Å². The van der Waals surface area contributed by atoms with E-state index < -0.39 is 0 Å². The molecule has 0 bridgehead atoms. The second-order valence-corrected chi connectivity index (χ2v) is 5.19. The molecule has 1 aromatic carbocycles. The highest BCUT2D eigenvalue weighted by Gasteiger charge is 2.07. The highest BCUT2D eigenvalue weighted by molar-refractivity contribution is 9.10. The molecule has 2 rings (SSSR count). The topological polar surface area (TPSA) is 43.3 Å². The van der Waals surface area contributed by atoms with Gasteiger partial charge < -0.3 is 14.6 Å². The molecular formula is C15H17BrN2O2. The Labute approximate surface area is 126 Å². The van der Waals surface area contributed by atoms with Crippen molar-refractivity contribution in [2.45, 2.75) is 13.1 Å². The predicted molar refractivity (Wildman–Crippen MR) is 83.1 cm³/mol. The lowest BCUT2D eigenvalue weighted by atomic mass is 10.2. The first-order valence-electron chi connectivity index (χ1n) is 6.42. The van der Waals surface area contributed by atoms with Gasteiger partial charge in [-0.3, -0.25) is 4.79 Å². The van der Waals surface area contributed by atoms with Crippen molar-refractivity contribution >= 4 is 15.9 Å². The van der Waals surface area contributed by atoms with Crippen LogP contribution in [0.3, 0.4) is 0 Å². The molecule has 0 aliphatic heterocycles. The van der Waals surface area contributed by atoms with Gasteiger partial charge in [0.1, 0.15) is 12.4 Å². The predicted octanol–water partition coefficient (Wildman–Crippen LogP) is 2.41. The minimum atomic E-state index is -0.0151. The van der Waals surface area contributed by atoms with Crippen LogP contribution >= 0.6 is 15.9 Å². The van der Waals surface area contributed by atoms with Gasteiger partial charge in [0, 0.05) is 24.4 Å². The molecule has 1 heterocycles. The van der Waals surface area contributed by atoms with Gasteiger partial charge in [-0.1, -0.05) is 18.2 Å². The van der Waals surface area contributed by atoms with Crippen molar-refractivity contribution in [3.63, 3.8) is 0 Å². The molecule has 0 aliphatic carbocycles. The molecule has 0 saturated heterocycles. The molecule has 0 amide bonds. The van der Waals surface area contributed by atoms with Crippen molar-refractivity contribution in [2.75, 3.05) is 13.7 Å². The number of nitrogens with one attached hydrogen (secondary N) is 1. The maximum Gasteiger partial charge on any atom is 0.250 e. The van der Waals surface area contributed by atoms with Gasteiger partial charge >= 0.3 is 0 Å². The molecule has 4 nitrogen and oxygen atoms in total. The summed E-state index contributed by atoms with van der Waals surface area (Å²) in [7, 11) is 1.90. The fourth-order valence-electron chi connectivity index (χ4n) is 1.94. The van der Waals surface area contributed by atoms with Gasteiger partial charge in [0.15, 0.2) is 0 Å². The third-order valence-electron chi connectivity index (χ3n) is 2.89. The van der Waals surface area contributed by atoms with Crippen LogP contribution in [0.25, 0.3) is 0 Å². The standard InChI is InChI=1S/C15H17BrN2O2/c1-17-11-12-5-4-6-13(16)15(12)20-10-9-18-8-3-2-7-14(18)19/h2-8,17H,9-11H2,1H3. The monoisotopic (exact) mass is 336 g/mol. The Morgan fingerprint density at radius 2 is 2.10 bits per heavy atom. The lowest BCUT2D eigenvalue weighted by molar-refractivity contribution is 0.291. The highest BCUT2D eigenvalue weighted by Crippen LogP contribution is 2.29. The van der Waals surface area contributed by atoms with Gasteiger partial charge in [0.25, 0.3) is 5.56 Å². The maximum absolute atomic E-state index is 11.6. The molecule has 5 heteroatoms. The molecule has 1 N–H and O–H groups in total. The number of benzene rings is 1. The van der Waals surface area contributed by atoms with E-state index in [9.17, 15) is 4.79 Å². The Bertz CT molecular complexity index is 625. The third-order valence-corrected chi connectivity index (χ3v) is 3.52. The van der Waals surface area contributed by atoms with E-state index in [0.29, 0.717) is 13.2 Å². The lowest BCUT2D eigenvalue weighted by Gasteiger charge is -2.13. The molecule has 0 aliphatic rings. The summed E-state index contributed by atoms with van der Waals surface area (Å²) in [4.78, 5) is 11.6. The molecule has 0 atom stereocenters. The van der Waals surface area contributed by atoms with E-state index in [4.69, 9.17) is 4.74 Å². The number of para-hydroxylation sites is 1. The van der Waals surface area contributed by atoms with E-state index in [1.807, 2.05) is 31.3 Å². The summed E-state index contributed by atoms with van der Waals surface area (Å²) < 4.78 is 8.39. The summed E-state index contributed by atoms with van der Waals surface area (Å²) in [6.45, 7) is 1.71. The summed E-state index contributed by atoms with van der Waals surface area (Å²) in [6.07, 6.45) is 1.76. The van der Waals surface area contributed by atoms with Crippen LogP contribution in [0.15, 0.2) is 51.9 Å². The molecule has 0 saturated carbocycles. The van der Waals surface area contributed by atoms with E-state index in [1.54, 1.807) is 22.9 Å². The minimum absolute atomic E-state index is 0.0151.